The van der Waals surface area contributed by atoms with E-state index in [1.807, 2.05) is 13.8 Å². The molecule has 0 atom stereocenters. The van der Waals surface area contributed by atoms with Crippen LogP contribution >= 0.6 is 0 Å². The molecule has 1 fully saturated rings. The van der Waals surface area contributed by atoms with Crippen LogP contribution in [0.15, 0.2) is 23.0 Å². The standard InChI is InChI=1S/C16H24N6O/c1-13-3-4-16(23)22(19-13)10-9-20-5-7-21(8-6-20)12-15-11-14(2)17-18-15/h3-4,11H,5-10,12H2,1-2H3,(H,17,18). The average molecular weight is 316 g/mol. The van der Waals surface area contributed by atoms with Gasteiger partial charge in [0, 0.05) is 51.0 Å². The van der Waals surface area contributed by atoms with Gasteiger partial charge < -0.3 is 0 Å². The highest BCUT2D eigenvalue weighted by Crippen LogP contribution is 2.07. The lowest BCUT2D eigenvalue weighted by atomic mass is 10.3. The van der Waals surface area contributed by atoms with Crippen LogP contribution in [0.4, 0.5) is 0 Å². The largest absolute Gasteiger partial charge is 0.299 e. The summed E-state index contributed by atoms with van der Waals surface area (Å²) in [6.07, 6.45) is 0. The molecule has 0 spiro atoms. The van der Waals surface area contributed by atoms with Crippen LogP contribution in [-0.4, -0.2) is 62.5 Å². The van der Waals surface area contributed by atoms with Crippen LogP contribution in [-0.2, 0) is 13.1 Å². The molecule has 1 saturated heterocycles. The second-order valence-electron chi connectivity index (χ2n) is 6.20. The number of hydrogen-bond donors (Lipinski definition) is 1. The molecule has 23 heavy (non-hydrogen) atoms. The van der Waals surface area contributed by atoms with E-state index < -0.39 is 0 Å². The maximum Gasteiger partial charge on any atom is 0.266 e. The highest BCUT2D eigenvalue weighted by atomic mass is 16.1. The molecule has 2 aromatic heterocycles. The first-order valence-electron chi connectivity index (χ1n) is 8.10. The smallest absolute Gasteiger partial charge is 0.266 e. The van der Waals surface area contributed by atoms with Crippen LogP contribution in [0.1, 0.15) is 17.1 Å². The normalized spacial score (nSPS) is 16.8. The minimum absolute atomic E-state index is 0.0249. The van der Waals surface area contributed by atoms with Crippen LogP contribution in [0.25, 0.3) is 0 Å². The molecule has 3 rings (SSSR count). The Morgan fingerprint density at radius 3 is 2.52 bits per heavy atom. The van der Waals surface area contributed by atoms with Crippen molar-refractivity contribution in [1.82, 2.24) is 29.8 Å². The summed E-state index contributed by atoms with van der Waals surface area (Å²) in [5.41, 5.74) is 3.06. The van der Waals surface area contributed by atoms with Gasteiger partial charge in [-0.25, -0.2) is 4.68 Å². The molecule has 7 heteroatoms. The number of hydrogen-bond acceptors (Lipinski definition) is 5. The summed E-state index contributed by atoms with van der Waals surface area (Å²) in [4.78, 5) is 16.6. The van der Waals surface area contributed by atoms with Crippen molar-refractivity contribution in [2.75, 3.05) is 32.7 Å². The van der Waals surface area contributed by atoms with Crippen molar-refractivity contribution in [3.05, 3.63) is 45.6 Å². The number of H-pyrrole nitrogens is 1. The topological polar surface area (TPSA) is 70.1 Å². The Morgan fingerprint density at radius 1 is 1.09 bits per heavy atom. The van der Waals surface area contributed by atoms with E-state index in [9.17, 15) is 4.79 Å². The maximum absolute atomic E-state index is 11.8. The molecule has 0 aliphatic carbocycles. The van der Waals surface area contributed by atoms with Gasteiger partial charge in [0.25, 0.3) is 5.56 Å². The van der Waals surface area contributed by atoms with Crippen molar-refractivity contribution in [2.45, 2.75) is 26.9 Å². The van der Waals surface area contributed by atoms with Crippen molar-refractivity contribution >= 4 is 0 Å². The zero-order chi connectivity index (χ0) is 16.2. The van der Waals surface area contributed by atoms with Crippen LogP contribution in [0.5, 0.6) is 0 Å². The lowest BCUT2D eigenvalue weighted by Gasteiger charge is -2.34. The van der Waals surface area contributed by atoms with Gasteiger partial charge in [0.1, 0.15) is 0 Å². The quantitative estimate of drug-likeness (QED) is 0.865. The van der Waals surface area contributed by atoms with Crippen LogP contribution in [0, 0.1) is 13.8 Å². The monoisotopic (exact) mass is 316 g/mol. The second-order valence-corrected chi connectivity index (χ2v) is 6.20. The third kappa shape index (κ3) is 4.27. The molecule has 0 saturated carbocycles. The third-order valence-corrected chi connectivity index (χ3v) is 4.24. The van der Waals surface area contributed by atoms with Crippen molar-refractivity contribution < 1.29 is 0 Å². The summed E-state index contributed by atoms with van der Waals surface area (Å²) < 4.78 is 1.56. The first-order chi connectivity index (χ1) is 11.1. The van der Waals surface area contributed by atoms with Gasteiger partial charge >= 0.3 is 0 Å². The van der Waals surface area contributed by atoms with Gasteiger partial charge in [0.2, 0.25) is 0 Å². The molecular formula is C16H24N6O. The van der Waals surface area contributed by atoms with Gasteiger partial charge in [-0.1, -0.05) is 0 Å². The molecule has 0 radical (unpaired) electrons. The number of piperazine rings is 1. The van der Waals surface area contributed by atoms with E-state index in [-0.39, 0.29) is 5.56 Å². The second kappa shape index (κ2) is 7.06. The summed E-state index contributed by atoms with van der Waals surface area (Å²) in [5, 5.41) is 11.6. The van der Waals surface area contributed by atoms with E-state index in [4.69, 9.17) is 0 Å². The van der Waals surface area contributed by atoms with Gasteiger partial charge in [-0.3, -0.25) is 19.7 Å². The van der Waals surface area contributed by atoms with E-state index in [1.54, 1.807) is 16.8 Å². The molecule has 124 valence electrons. The zero-order valence-corrected chi connectivity index (χ0v) is 13.8. The van der Waals surface area contributed by atoms with Crippen molar-refractivity contribution in [3.8, 4) is 0 Å². The van der Waals surface area contributed by atoms with E-state index in [2.05, 4.69) is 31.2 Å². The average Bonchev–Trinajstić information content (AvgIpc) is 2.95. The Labute approximate surface area is 135 Å². The highest BCUT2D eigenvalue weighted by Gasteiger charge is 2.17. The fourth-order valence-corrected chi connectivity index (χ4v) is 2.90. The number of nitrogens with one attached hydrogen (secondary N) is 1. The fraction of sp³-hybridized carbons (Fsp3) is 0.562. The molecule has 3 heterocycles. The minimum atomic E-state index is -0.0249. The summed E-state index contributed by atoms with van der Waals surface area (Å²) >= 11 is 0. The van der Waals surface area contributed by atoms with Crippen LogP contribution in [0.2, 0.25) is 0 Å². The lowest BCUT2D eigenvalue weighted by molar-refractivity contribution is 0.121. The minimum Gasteiger partial charge on any atom is -0.299 e. The molecule has 1 aliphatic rings. The van der Waals surface area contributed by atoms with Gasteiger partial charge in [0.05, 0.1) is 17.9 Å². The fourth-order valence-electron chi connectivity index (χ4n) is 2.90. The Balaban J connectivity index is 1.46. The van der Waals surface area contributed by atoms with Crippen molar-refractivity contribution in [3.63, 3.8) is 0 Å². The molecule has 0 unspecified atom stereocenters. The van der Waals surface area contributed by atoms with Gasteiger partial charge in [-0.05, 0) is 26.0 Å². The van der Waals surface area contributed by atoms with Gasteiger partial charge in [0.15, 0.2) is 0 Å². The van der Waals surface area contributed by atoms with Gasteiger partial charge in [-0.2, -0.15) is 10.2 Å². The molecule has 1 aliphatic heterocycles. The molecule has 1 N–H and O–H groups in total. The Kier molecular flexibility index (Phi) is 4.88. The predicted octanol–water partition coefficient (Wildman–Crippen LogP) is 0.401. The SMILES string of the molecule is Cc1ccc(=O)n(CCN2CCN(Cc3cc(C)[nH]n3)CC2)n1. The molecule has 7 nitrogen and oxygen atoms in total. The first-order valence-corrected chi connectivity index (χ1v) is 8.10. The van der Waals surface area contributed by atoms with E-state index in [1.165, 1.54) is 0 Å². The Morgan fingerprint density at radius 2 is 1.83 bits per heavy atom. The summed E-state index contributed by atoms with van der Waals surface area (Å²) in [7, 11) is 0. The van der Waals surface area contributed by atoms with E-state index in [0.717, 1.165) is 56.4 Å². The zero-order valence-electron chi connectivity index (χ0n) is 13.8. The summed E-state index contributed by atoms with van der Waals surface area (Å²) in [6.45, 7) is 10.4. The molecule has 2 aromatic rings. The maximum atomic E-state index is 11.8. The first kappa shape index (κ1) is 15.9. The van der Waals surface area contributed by atoms with Crippen molar-refractivity contribution in [2.24, 2.45) is 0 Å². The molecule has 0 bridgehead atoms. The number of nitrogens with zero attached hydrogens (tertiary/aromatic N) is 5. The Bertz CT molecular complexity index is 699. The highest BCUT2D eigenvalue weighted by molar-refractivity contribution is 5.06. The van der Waals surface area contributed by atoms with Crippen LogP contribution in [0.3, 0.4) is 0 Å². The number of aryl methyl sites for hydroxylation is 2. The number of rotatable bonds is 5. The summed E-state index contributed by atoms with van der Waals surface area (Å²) in [6, 6.07) is 5.45. The predicted molar refractivity (Wildman–Crippen MR) is 88.3 cm³/mol. The van der Waals surface area contributed by atoms with Gasteiger partial charge in [-0.15, -0.1) is 0 Å². The molecule has 0 aromatic carbocycles. The molecule has 0 amide bonds. The number of aromatic nitrogens is 4. The van der Waals surface area contributed by atoms with E-state index >= 15 is 0 Å². The third-order valence-electron chi connectivity index (χ3n) is 4.24. The molecular weight excluding hydrogens is 292 g/mol. The Hall–Kier alpha value is -1.99. The van der Waals surface area contributed by atoms with E-state index in [0.29, 0.717) is 6.54 Å². The summed E-state index contributed by atoms with van der Waals surface area (Å²) in [5.74, 6) is 0. The number of aromatic amines is 1. The lowest BCUT2D eigenvalue weighted by Crippen LogP contribution is -2.47. The van der Waals surface area contributed by atoms with Crippen LogP contribution < -0.4 is 5.56 Å². The van der Waals surface area contributed by atoms with Crippen molar-refractivity contribution in [1.29, 1.82) is 0 Å².